The van der Waals surface area contributed by atoms with Crippen LogP contribution in [0.2, 0.25) is 0 Å². The second kappa shape index (κ2) is 9.36. The molecule has 0 aromatic heterocycles. The van der Waals surface area contributed by atoms with Crippen molar-refractivity contribution in [3.05, 3.63) is 28.2 Å². The Hall–Kier alpha value is -1.60. The molecule has 0 spiro atoms. The lowest BCUT2D eigenvalue weighted by atomic mass is 10.2. The number of carbonyl (C=O) groups excluding carboxylic acids is 1. The topological polar surface area (TPSA) is 87.7 Å². The SMILES string of the molecule is CCCOCCCNC(=O)Nc1c(Br)cccc1C(=O)O. The number of carbonyl (C=O) groups is 2. The van der Waals surface area contributed by atoms with Crippen LogP contribution < -0.4 is 10.6 Å². The fourth-order valence-electron chi connectivity index (χ4n) is 1.61. The number of para-hydroxylation sites is 1. The Morgan fingerprint density at radius 3 is 2.76 bits per heavy atom. The average molecular weight is 359 g/mol. The van der Waals surface area contributed by atoms with Crippen molar-refractivity contribution in [2.75, 3.05) is 25.1 Å². The maximum Gasteiger partial charge on any atom is 0.337 e. The Morgan fingerprint density at radius 1 is 1.33 bits per heavy atom. The van der Waals surface area contributed by atoms with Crippen molar-refractivity contribution in [3.8, 4) is 0 Å². The van der Waals surface area contributed by atoms with E-state index in [2.05, 4.69) is 26.6 Å². The van der Waals surface area contributed by atoms with Gasteiger partial charge < -0.3 is 20.5 Å². The monoisotopic (exact) mass is 358 g/mol. The first kappa shape index (κ1) is 17.5. The molecule has 1 aromatic rings. The molecule has 0 atom stereocenters. The summed E-state index contributed by atoms with van der Waals surface area (Å²) < 4.78 is 5.81. The van der Waals surface area contributed by atoms with Crippen molar-refractivity contribution in [3.63, 3.8) is 0 Å². The van der Waals surface area contributed by atoms with Gasteiger partial charge in [0.2, 0.25) is 0 Å². The molecular weight excluding hydrogens is 340 g/mol. The maximum atomic E-state index is 11.8. The van der Waals surface area contributed by atoms with E-state index in [1.807, 2.05) is 6.92 Å². The maximum absolute atomic E-state index is 11.8. The van der Waals surface area contributed by atoms with E-state index in [0.717, 1.165) is 6.42 Å². The number of anilines is 1. The third-order valence-corrected chi connectivity index (χ3v) is 3.24. The number of hydrogen-bond donors (Lipinski definition) is 3. The summed E-state index contributed by atoms with van der Waals surface area (Å²) in [4.78, 5) is 22.9. The van der Waals surface area contributed by atoms with Crippen LogP contribution in [0.4, 0.5) is 10.5 Å². The van der Waals surface area contributed by atoms with E-state index < -0.39 is 12.0 Å². The molecule has 0 fully saturated rings. The van der Waals surface area contributed by atoms with Gasteiger partial charge in [0.25, 0.3) is 0 Å². The van der Waals surface area contributed by atoms with Gasteiger partial charge in [0, 0.05) is 24.2 Å². The van der Waals surface area contributed by atoms with Gasteiger partial charge in [0.1, 0.15) is 0 Å². The van der Waals surface area contributed by atoms with E-state index in [0.29, 0.717) is 30.7 Å². The zero-order valence-corrected chi connectivity index (χ0v) is 13.4. The number of aromatic carboxylic acids is 1. The molecule has 6 nitrogen and oxygen atoms in total. The Labute approximate surface area is 132 Å². The average Bonchev–Trinajstić information content (AvgIpc) is 2.44. The molecule has 116 valence electrons. The summed E-state index contributed by atoms with van der Waals surface area (Å²) in [5, 5.41) is 14.3. The number of nitrogens with one attached hydrogen (secondary N) is 2. The molecule has 0 saturated heterocycles. The Bertz CT molecular complexity index is 494. The normalized spacial score (nSPS) is 10.2. The Balaban J connectivity index is 2.46. The van der Waals surface area contributed by atoms with E-state index in [1.54, 1.807) is 12.1 Å². The second-order valence-corrected chi connectivity index (χ2v) is 5.17. The second-order valence-electron chi connectivity index (χ2n) is 4.31. The molecule has 1 rings (SSSR count). The number of rotatable bonds is 8. The van der Waals surface area contributed by atoms with Gasteiger partial charge in [-0.1, -0.05) is 13.0 Å². The van der Waals surface area contributed by atoms with Crippen LogP contribution in [-0.2, 0) is 4.74 Å². The van der Waals surface area contributed by atoms with Gasteiger partial charge >= 0.3 is 12.0 Å². The molecule has 21 heavy (non-hydrogen) atoms. The molecule has 0 unspecified atom stereocenters. The van der Waals surface area contributed by atoms with Crippen LogP contribution in [0.5, 0.6) is 0 Å². The smallest absolute Gasteiger partial charge is 0.337 e. The third kappa shape index (κ3) is 6.14. The molecule has 0 aliphatic carbocycles. The molecule has 0 aliphatic heterocycles. The van der Waals surface area contributed by atoms with Crippen molar-refractivity contribution >= 4 is 33.6 Å². The predicted molar refractivity (Wildman–Crippen MR) is 83.8 cm³/mol. The lowest BCUT2D eigenvalue weighted by Crippen LogP contribution is -2.30. The summed E-state index contributed by atoms with van der Waals surface area (Å²) in [5.41, 5.74) is 0.274. The van der Waals surface area contributed by atoms with Crippen LogP contribution in [0.3, 0.4) is 0 Å². The first-order chi connectivity index (χ1) is 10.1. The van der Waals surface area contributed by atoms with Crippen molar-refractivity contribution < 1.29 is 19.4 Å². The van der Waals surface area contributed by atoms with Crippen LogP contribution >= 0.6 is 15.9 Å². The summed E-state index contributed by atoms with van der Waals surface area (Å²) in [6.07, 6.45) is 1.67. The van der Waals surface area contributed by atoms with Crippen LogP contribution in [-0.4, -0.2) is 36.9 Å². The van der Waals surface area contributed by atoms with Crippen LogP contribution in [0.1, 0.15) is 30.1 Å². The van der Waals surface area contributed by atoms with Gasteiger partial charge in [0.05, 0.1) is 11.3 Å². The van der Waals surface area contributed by atoms with E-state index in [9.17, 15) is 9.59 Å². The lowest BCUT2D eigenvalue weighted by molar-refractivity contribution is 0.0698. The highest BCUT2D eigenvalue weighted by atomic mass is 79.9. The van der Waals surface area contributed by atoms with Gasteiger partial charge in [0.15, 0.2) is 0 Å². The number of urea groups is 1. The van der Waals surface area contributed by atoms with Crippen LogP contribution in [0.15, 0.2) is 22.7 Å². The number of ether oxygens (including phenoxy) is 1. The minimum Gasteiger partial charge on any atom is -0.478 e. The molecule has 0 radical (unpaired) electrons. The molecular formula is C14H19BrN2O4. The van der Waals surface area contributed by atoms with Crippen molar-refractivity contribution in [1.29, 1.82) is 0 Å². The first-order valence-electron chi connectivity index (χ1n) is 6.70. The van der Waals surface area contributed by atoms with E-state index in [1.165, 1.54) is 6.07 Å². The molecule has 0 saturated carbocycles. The molecule has 0 bridgehead atoms. The standard InChI is InChI=1S/C14H19BrN2O4/c1-2-8-21-9-4-7-16-14(20)17-12-10(13(18)19)5-3-6-11(12)15/h3,5-6H,2,4,7-9H2,1H3,(H,18,19)(H2,16,17,20). The van der Waals surface area contributed by atoms with Crippen molar-refractivity contribution in [2.24, 2.45) is 0 Å². The number of halogens is 1. The summed E-state index contributed by atoms with van der Waals surface area (Å²) in [6.45, 7) is 3.79. The lowest BCUT2D eigenvalue weighted by Gasteiger charge is -2.11. The quantitative estimate of drug-likeness (QED) is 0.623. The molecule has 3 N–H and O–H groups in total. The molecule has 2 amide bonds. The number of carboxylic acid groups (broad SMARTS) is 1. The highest BCUT2D eigenvalue weighted by Gasteiger charge is 2.14. The largest absolute Gasteiger partial charge is 0.478 e. The van der Waals surface area contributed by atoms with Crippen molar-refractivity contribution in [1.82, 2.24) is 5.32 Å². The zero-order valence-electron chi connectivity index (χ0n) is 11.8. The Kier molecular flexibility index (Phi) is 7.78. The molecule has 0 heterocycles. The number of hydrogen-bond acceptors (Lipinski definition) is 3. The van der Waals surface area contributed by atoms with Gasteiger partial charge in [-0.25, -0.2) is 9.59 Å². The van der Waals surface area contributed by atoms with Gasteiger partial charge in [-0.15, -0.1) is 0 Å². The first-order valence-corrected chi connectivity index (χ1v) is 7.50. The highest BCUT2D eigenvalue weighted by Crippen LogP contribution is 2.26. The Morgan fingerprint density at radius 2 is 2.10 bits per heavy atom. The summed E-state index contributed by atoms with van der Waals surface area (Å²) in [7, 11) is 0. The highest BCUT2D eigenvalue weighted by molar-refractivity contribution is 9.10. The van der Waals surface area contributed by atoms with Crippen molar-refractivity contribution in [2.45, 2.75) is 19.8 Å². The fraction of sp³-hybridized carbons (Fsp3) is 0.429. The van der Waals surface area contributed by atoms with Gasteiger partial charge in [-0.2, -0.15) is 0 Å². The molecule has 7 heteroatoms. The van der Waals surface area contributed by atoms with E-state index in [4.69, 9.17) is 9.84 Å². The third-order valence-electron chi connectivity index (χ3n) is 2.58. The minimum atomic E-state index is -1.10. The number of amides is 2. The van der Waals surface area contributed by atoms with Crippen LogP contribution in [0.25, 0.3) is 0 Å². The van der Waals surface area contributed by atoms with E-state index in [-0.39, 0.29) is 11.3 Å². The van der Waals surface area contributed by atoms with Gasteiger partial charge in [-0.05, 0) is 40.9 Å². The molecule has 0 aliphatic rings. The van der Waals surface area contributed by atoms with Crippen LogP contribution in [0, 0.1) is 0 Å². The number of benzene rings is 1. The minimum absolute atomic E-state index is 0.0332. The van der Waals surface area contributed by atoms with Gasteiger partial charge in [-0.3, -0.25) is 0 Å². The summed E-state index contributed by atoms with van der Waals surface area (Å²) >= 11 is 3.23. The number of carboxylic acids is 1. The summed E-state index contributed by atoms with van der Waals surface area (Å²) in [6, 6.07) is 4.25. The summed E-state index contributed by atoms with van der Waals surface area (Å²) in [5.74, 6) is -1.10. The predicted octanol–water partition coefficient (Wildman–Crippen LogP) is 3.09. The zero-order chi connectivity index (χ0) is 15.7. The fourth-order valence-corrected chi connectivity index (χ4v) is 2.07. The molecule has 1 aromatic carbocycles. The van der Waals surface area contributed by atoms with E-state index >= 15 is 0 Å².